The predicted molar refractivity (Wildman–Crippen MR) is 101 cm³/mol. The van der Waals surface area contributed by atoms with Crippen molar-refractivity contribution in [1.82, 2.24) is 4.98 Å². The van der Waals surface area contributed by atoms with E-state index in [-0.39, 0.29) is 0 Å². The normalized spacial score (nSPS) is 11.8. The van der Waals surface area contributed by atoms with Crippen molar-refractivity contribution in [3.05, 3.63) is 65.9 Å². The number of esters is 1. The van der Waals surface area contributed by atoms with Crippen LogP contribution in [0.15, 0.2) is 54.6 Å². The van der Waals surface area contributed by atoms with Crippen LogP contribution < -0.4 is 11.1 Å². The number of nitrogens with two attached hydrogens (primary N) is 1. The van der Waals surface area contributed by atoms with Crippen LogP contribution in [0.25, 0.3) is 10.9 Å². The topological polar surface area (TPSA) is 94.3 Å². The Morgan fingerprint density at radius 1 is 1.12 bits per heavy atom. The van der Waals surface area contributed by atoms with Crippen LogP contribution in [0.3, 0.4) is 0 Å². The number of anilines is 2. The molecule has 1 atom stereocenters. The number of aryl methyl sites for hydroxylation is 1. The number of hydrogen-bond acceptors (Lipinski definition) is 5. The fourth-order valence-corrected chi connectivity index (χ4v) is 2.55. The molecule has 3 aromatic rings. The molecule has 0 saturated heterocycles. The highest BCUT2D eigenvalue weighted by Gasteiger charge is 2.20. The number of hydrogen-bond donors (Lipinski definition) is 2. The van der Waals surface area contributed by atoms with Gasteiger partial charge in [-0.05, 0) is 50.2 Å². The van der Waals surface area contributed by atoms with Gasteiger partial charge in [-0.2, -0.15) is 0 Å². The molecule has 26 heavy (non-hydrogen) atoms. The monoisotopic (exact) mass is 349 g/mol. The van der Waals surface area contributed by atoms with Crippen LogP contribution in [-0.4, -0.2) is 23.0 Å². The van der Waals surface area contributed by atoms with Gasteiger partial charge in [-0.1, -0.05) is 18.2 Å². The van der Waals surface area contributed by atoms with Crippen LogP contribution >= 0.6 is 0 Å². The van der Waals surface area contributed by atoms with Crippen molar-refractivity contribution >= 4 is 34.2 Å². The molecule has 1 aromatic heterocycles. The third kappa shape index (κ3) is 3.80. The van der Waals surface area contributed by atoms with E-state index in [4.69, 9.17) is 10.5 Å². The molecule has 0 bridgehead atoms. The van der Waals surface area contributed by atoms with Gasteiger partial charge in [-0.25, -0.2) is 4.79 Å². The largest absolute Gasteiger partial charge is 0.449 e. The number of nitrogens with one attached hydrogen (secondary N) is 1. The van der Waals surface area contributed by atoms with E-state index >= 15 is 0 Å². The molecule has 0 aliphatic rings. The van der Waals surface area contributed by atoms with Crippen molar-refractivity contribution < 1.29 is 14.3 Å². The van der Waals surface area contributed by atoms with E-state index in [2.05, 4.69) is 10.3 Å². The van der Waals surface area contributed by atoms with Crippen LogP contribution in [0.1, 0.15) is 23.0 Å². The second kappa shape index (κ2) is 7.23. The van der Waals surface area contributed by atoms with Crippen LogP contribution in [0.2, 0.25) is 0 Å². The van der Waals surface area contributed by atoms with Gasteiger partial charge in [0.2, 0.25) is 0 Å². The summed E-state index contributed by atoms with van der Waals surface area (Å²) in [5.74, 6) is -0.993. The number of fused-ring (bicyclic) bond motifs is 1. The van der Waals surface area contributed by atoms with E-state index < -0.39 is 18.0 Å². The SMILES string of the molecule is Cc1cc(NC(=O)C(C)OC(=O)c2ccc(N)cc2)c2ccccc2n1. The number of benzene rings is 2. The Kier molecular flexibility index (Phi) is 4.84. The molecule has 0 saturated carbocycles. The fraction of sp³-hybridized carbons (Fsp3) is 0.150. The smallest absolute Gasteiger partial charge is 0.338 e. The minimum Gasteiger partial charge on any atom is -0.449 e. The van der Waals surface area contributed by atoms with E-state index in [1.807, 2.05) is 31.2 Å². The van der Waals surface area contributed by atoms with E-state index in [1.165, 1.54) is 6.92 Å². The average molecular weight is 349 g/mol. The molecule has 6 nitrogen and oxygen atoms in total. The first-order valence-electron chi connectivity index (χ1n) is 8.18. The van der Waals surface area contributed by atoms with Gasteiger partial charge in [-0.15, -0.1) is 0 Å². The number of carbonyl (C=O) groups excluding carboxylic acids is 2. The number of aromatic nitrogens is 1. The quantitative estimate of drug-likeness (QED) is 0.557. The summed E-state index contributed by atoms with van der Waals surface area (Å²) in [4.78, 5) is 29.0. The molecule has 1 amide bonds. The summed E-state index contributed by atoms with van der Waals surface area (Å²) in [5, 5.41) is 3.64. The van der Waals surface area contributed by atoms with E-state index in [0.29, 0.717) is 16.9 Å². The molecule has 0 aliphatic heterocycles. The first-order valence-corrected chi connectivity index (χ1v) is 8.18. The summed E-state index contributed by atoms with van der Waals surface area (Å²) in [6, 6.07) is 15.6. The molecule has 1 heterocycles. The highest BCUT2D eigenvalue weighted by molar-refractivity contribution is 6.03. The van der Waals surface area contributed by atoms with Gasteiger partial charge in [0.05, 0.1) is 16.8 Å². The van der Waals surface area contributed by atoms with E-state index in [0.717, 1.165) is 16.6 Å². The van der Waals surface area contributed by atoms with Gasteiger partial charge >= 0.3 is 5.97 Å². The highest BCUT2D eigenvalue weighted by atomic mass is 16.5. The van der Waals surface area contributed by atoms with Gasteiger partial charge in [0.25, 0.3) is 5.91 Å². The third-order valence-electron chi connectivity index (χ3n) is 3.90. The highest BCUT2D eigenvalue weighted by Crippen LogP contribution is 2.23. The van der Waals surface area contributed by atoms with Gasteiger partial charge in [-0.3, -0.25) is 9.78 Å². The first kappa shape index (κ1) is 17.4. The van der Waals surface area contributed by atoms with Crippen molar-refractivity contribution in [2.75, 3.05) is 11.1 Å². The first-order chi connectivity index (χ1) is 12.4. The minimum absolute atomic E-state index is 0.337. The van der Waals surface area contributed by atoms with Crippen LogP contribution in [0.5, 0.6) is 0 Å². The molecule has 0 aliphatic carbocycles. The molecule has 6 heteroatoms. The molecular weight excluding hydrogens is 330 g/mol. The Morgan fingerprint density at radius 3 is 2.54 bits per heavy atom. The van der Waals surface area contributed by atoms with Gasteiger partial charge in [0.15, 0.2) is 6.10 Å². The molecule has 0 spiro atoms. The lowest BCUT2D eigenvalue weighted by molar-refractivity contribution is -0.123. The number of pyridine rings is 1. The average Bonchev–Trinajstić information content (AvgIpc) is 2.62. The zero-order chi connectivity index (χ0) is 18.7. The summed E-state index contributed by atoms with van der Waals surface area (Å²) >= 11 is 0. The number of carbonyl (C=O) groups is 2. The zero-order valence-corrected chi connectivity index (χ0v) is 14.5. The maximum absolute atomic E-state index is 12.5. The van der Waals surface area contributed by atoms with Gasteiger partial charge in [0, 0.05) is 16.8 Å². The Hall–Kier alpha value is -3.41. The van der Waals surface area contributed by atoms with Crippen molar-refractivity contribution in [3.63, 3.8) is 0 Å². The lowest BCUT2D eigenvalue weighted by Gasteiger charge is -2.15. The fourth-order valence-electron chi connectivity index (χ4n) is 2.55. The van der Waals surface area contributed by atoms with Crippen LogP contribution in [-0.2, 0) is 9.53 Å². The number of amides is 1. The van der Waals surface area contributed by atoms with E-state index in [9.17, 15) is 9.59 Å². The van der Waals surface area contributed by atoms with Gasteiger partial charge < -0.3 is 15.8 Å². The number of rotatable bonds is 4. The molecule has 0 fully saturated rings. The summed E-state index contributed by atoms with van der Waals surface area (Å²) in [7, 11) is 0. The van der Waals surface area contributed by atoms with Crippen LogP contribution in [0, 0.1) is 6.92 Å². The summed E-state index contributed by atoms with van der Waals surface area (Å²) < 4.78 is 5.25. The van der Waals surface area contributed by atoms with E-state index in [1.54, 1.807) is 30.3 Å². The third-order valence-corrected chi connectivity index (χ3v) is 3.90. The van der Waals surface area contributed by atoms with Crippen molar-refractivity contribution in [1.29, 1.82) is 0 Å². The number of nitrogens with zero attached hydrogens (tertiary/aromatic N) is 1. The molecule has 0 radical (unpaired) electrons. The molecule has 3 N–H and O–H groups in total. The lowest BCUT2D eigenvalue weighted by atomic mass is 10.1. The van der Waals surface area contributed by atoms with Crippen molar-refractivity contribution in [2.24, 2.45) is 0 Å². The molecule has 2 aromatic carbocycles. The molecule has 132 valence electrons. The summed E-state index contributed by atoms with van der Waals surface area (Å²) in [6.07, 6.45) is -0.952. The Bertz CT molecular complexity index is 968. The molecular formula is C20H19N3O3. The number of nitrogen functional groups attached to an aromatic ring is 1. The van der Waals surface area contributed by atoms with Crippen molar-refractivity contribution in [3.8, 4) is 0 Å². The van der Waals surface area contributed by atoms with Crippen LogP contribution in [0.4, 0.5) is 11.4 Å². The standard InChI is InChI=1S/C20H19N3O3/c1-12-11-18(16-5-3-4-6-17(16)22-12)23-19(24)13(2)26-20(25)14-7-9-15(21)10-8-14/h3-11,13H,21H2,1-2H3,(H,22,23,24). The predicted octanol–water partition coefficient (Wildman–Crippen LogP) is 3.31. The minimum atomic E-state index is -0.952. The Morgan fingerprint density at radius 2 is 1.81 bits per heavy atom. The van der Waals surface area contributed by atoms with Crippen molar-refractivity contribution in [2.45, 2.75) is 20.0 Å². The Labute approximate surface area is 151 Å². The molecule has 1 unspecified atom stereocenters. The van der Waals surface area contributed by atoms with Gasteiger partial charge in [0.1, 0.15) is 0 Å². The maximum atomic E-state index is 12.5. The summed E-state index contributed by atoms with van der Waals surface area (Å²) in [6.45, 7) is 3.38. The lowest BCUT2D eigenvalue weighted by Crippen LogP contribution is -2.30. The second-order valence-corrected chi connectivity index (χ2v) is 5.99. The molecule has 3 rings (SSSR count). The zero-order valence-electron chi connectivity index (χ0n) is 14.5. The number of ether oxygens (including phenoxy) is 1. The Balaban J connectivity index is 1.73. The summed E-state index contributed by atoms with van der Waals surface area (Å²) in [5.41, 5.74) is 8.69. The second-order valence-electron chi connectivity index (χ2n) is 5.99. The maximum Gasteiger partial charge on any atom is 0.338 e. The number of para-hydroxylation sites is 1.